The van der Waals surface area contributed by atoms with E-state index in [4.69, 9.17) is 10.4 Å². The van der Waals surface area contributed by atoms with Gasteiger partial charge in [0, 0.05) is 0 Å². The zero-order chi connectivity index (χ0) is 13.5. The molecule has 0 spiro atoms. The first-order chi connectivity index (χ1) is 7.70. The maximum Gasteiger partial charge on any atom is 0.268 e. The van der Waals surface area contributed by atoms with Crippen molar-refractivity contribution in [1.82, 2.24) is 0 Å². The maximum absolute atomic E-state index is 11.2. The van der Waals surface area contributed by atoms with E-state index < -0.39 is 27.1 Å². The fourth-order valence-electron chi connectivity index (χ4n) is 0.755. The molecule has 0 aromatic carbocycles. The van der Waals surface area contributed by atoms with E-state index in [0.29, 0.717) is 11.0 Å². The molecule has 0 rings (SSSR count). The zero-order valence-corrected chi connectivity index (χ0v) is 11.1. The molecule has 0 radical (unpaired) electrons. The summed E-state index contributed by atoms with van der Waals surface area (Å²) < 4.78 is 20.8. The summed E-state index contributed by atoms with van der Waals surface area (Å²) >= 11 is 0. The highest BCUT2D eigenvalue weighted by molar-refractivity contribution is 7.45. The summed E-state index contributed by atoms with van der Waals surface area (Å²) in [6.45, 7) is -0.572. The average Bonchev–Trinajstić information content (AvgIpc) is 2.16. The first-order valence-corrected chi connectivity index (χ1v) is 6.48. The number of nitrogens with zero attached hydrogens (tertiary/aromatic N) is 1. The van der Waals surface area contributed by atoms with Crippen LogP contribution in [0, 0.1) is 0 Å². The third-order valence-electron chi connectivity index (χ3n) is 1.78. The van der Waals surface area contributed by atoms with Gasteiger partial charge in [0.25, 0.3) is 7.82 Å². The number of phosphoric ester groups is 1. The van der Waals surface area contributed by atoms with Crippen LogP contribution in [0.2, 0.25) is 0 Å². The number of rotatable bonds is 9. The number of phosphoric acid groups is 1. The van der Waals surface area contributed by atoms with Gasteiger partial charge in [-0.2, -0.15) is 0 Å². The van der Waals surface area contributed by atoms with E-state index in [2.05, 4.69) is 13.9 Å². The molecule has 0 heterocycles. The van der Waals surface area contributed by atoms with E-state index in [-0.39, 0.29) is 6.61 Å². The molecule has 2 N–H and O–H groups in total. The van der Waals surface area contributed by atoms with E-state index >= 15 is 0 Å². The van der Waals surface area contributed by atoms with Gasteiger partial charge in [0.15, 0.2) is 0 Å². The van der Waals surface area contributed by atoms with Crippen molar-refractivity contribution in [3.8, 4) is 0 Å². The van der Waals surface area contributed by atoms with Crippen LogP contribution in [0.5, 0.6) is 0 Å². The van der Waals surface area contributed by atoms with Crippen LogP contribution >= 0.6 is 7.82 Å². The van der Waals surface area contributed by atoms with Gasteiger partial charge in [0.05, 0.1) is 34.4 Å². The van der Waals surface area contributed by atoms with Crippen molar-refractivity contribution in [2.45, 2.75) is 6.10 Å². The SMILES string of the molecule is C[N+](C)(C)CCOP(=O)([O-])OCC(CO)OO. The van der Waals surface area contributed by atoms with Gasteiger partial charge in [-0.25, -0.2) is 4.89 Å². The van der Waals surface area contributed by atoms with Crippen molar-refractivity contribution in [3.63, 3.8) is 0 Å². The summed E-state index contributed by atoms with van der Waals surface area (Å²) in [7, 11) is 1.25. The van der Waals surface area contributed by atoms with Crippen LogP contribution in [0.15, 0.2) is 0 Å². The number of aliphatic hydroxyl groups excluding tert-OH is 1. The van der Waals surface area contributed by atoms with Crippen LogP contribution in [0.4, 0.5) is 0 Å². The monoisotopic (exact) mass is 273 g/mol. The molecule has 9 heteroatoms. The topological polar surface area (TPSA) is 108 Å². The number of quaternary nitrogens is 1. The minimum absolute atomic E-state index is 0.00590. The lowest BCUT2D eigenvalue weighted by Crippen LogP contribution is -2.37. The van der Waals surface area contributed by atoms with Crippen LogP contribution in [-0.4, -0.2) is 68.5 Å². The standard InChI is InChI=1S/C8H20NO7P/c1-9(2,3)4-5-14-17(12,13)15-7-8(6-10)16-11/h8,10H,4-7H2,1-3H3,(H-,11,12,13). The molecule has 0 saturated heterocycles. The van der Waals surface area contributed by atoms with Crippen LogP contribution in [0.25, 0.3) is 0 Å². The lowest BCUT2D eigenvalue weighted by Gasteiger charge is -2.27. The van der Waals surface area contributed by atoms with Gasteiger partial charge in [0.1, 0.15) is 19.3 Å². The van der Waals surface area contributed by atoms with Crippen molar-refractivity contribution in [2.24, 2.45) is 0 Å². The summed E-state index contributed by atoms with van der Waals surface area (Å²) in [6.07, 6.45) is -1.11. The first-order valence-electron chi connectivity index (χ1n) is 5.02. The summed E-state index contributed by atoms with van der Waals surface area (Å²) in [5.41, 5.74) is 0. The molecule has 0 fully saturated rings. The molecular weight excluding hydrogens is 253 g/mol. The molecule has 0 bridgehead atoms. The highest BCUT2D eigenvalue weighted by Crippen LogP contribution is 2.38. The fraction of sp³-hybridized carbons (Fsp3) is 1.00. The third-order valence-corrected chi connectivity index (χ3v) is 2.75. The minimum Gasteiger partial charge on any atom is -0.756 e. The molecule has 0 aromatic rings. The van der Waals surface area contributed by atoms with E-state index in [1.165, 1.54) is 0 Å². The van der Waals surface area contributed by atoms with Crippen molar-refractivity contribution >= 4 is 7.82 Å². The van der Waals surface area contributed by atoms with Crippen LogP contribution in [-0.2, 0) is 18.5 Å². The molecule has 0 amide bonds. The minimum atomic E-state index is -4.42. The van der Waals surface area contributed by atoms with Crippen LogP contribution in [0.3, 0.4) is 0 Å². The van der Waals surface area contributed by atoms with Gasteiger partial charge in [-0.05, 0) is 0 Å². The van der Waals surface area contributed by atoms with Gasteiger partial charge in [0.2, 0.25) is 0 Å². The fourth-order valence-corrected chi connectivity index (χ4v) is 1.48. The van der Waals surface area contributed by atoms with E-state index in [1.54, 1.807) is 0 Å². The summed E-state index contributed by atoms with van der Waals surface area (Å²) in [5.74, 6) is 0. The Balaban J connectivity index is 3.92. The Morgan fingerprint density at radius 2 is 1.94 bits per heavy atom. The zero-order valence-electron chi connectivity index (χ0n) is 10.2. The van der Waals surface area contributed by atoms with Crippen molar-refractivity contribution in [3.05, 3.63) is 0 Å². The second-order valence-electron chi connectivity index (χ2n) is 4.50. The molecular formula is C8H20NO7P. The van der Waals surface area contributed by atoms with Gasteiger partial charge >= 0.3 is 0 Å². The van der Waals surface area contributed by atoms with Gasteiger partial charge < -0.3 is 23.5 Å². The Kier molecular flexibility index (Phi) is 7.38. The van der Waals surface area contributed by atoms with Crippen LogP contribution < -0.4 is 4.89 Å². The van der Waals surface area contributed by atoms with Gasteiger partial charge in [-0.15, -0.1) is 0 Å². The van der Waals surface area contributed by atoms with E-state index in [0.717, 1.165) is 0 Å². The first kappa shape index (κ1) is 16.9. The predicted octanol–water partition coefficient (Wildman–Crippen LogP) is -0.955. The molecule has 0 aliphatic rings. The lowest BCUT2D eigenvalue weighted by atomic mass is 10.4. The van der Waals surface area contributed by atoms with Gasteiger partial charge in [-0.1, -0.05) is 0 Å². The van der Waals surface area contributed by atoms with Crippen molar-refractivity contribution in [2.75, 3.05) is 47.5 Å². The smallest absolute Gasteiger partial charge is 0.268 e. The summed E-state index contributed by atoms with van der Waals surface area (Å²) in [4.78, 5) is 15.0. The quantitative estimate of drug-likeness (QED) is 0.241. The Bertz CT molecular complexity index is 251. The molecule has 2 atom stereocenters. The second kappa shape index (κ2) is 7.40. The Labute approximate surface area is 100 Å². The van der Waals surface area contributed by atoms with Crippen molar-refractivity contribution in [1.29, 1.82) is 0 Å². The molecule has 104 valence electrons. The van der Waals surface area contributed by atoms with E-state index in [9.17, 15) is 9.46 Å². The molecule has 0 aliphatic carbocycles. The highest BCUT2D eigenvalue weighted by Gasteiger charge is 2.16. The summed E-state index contributed by atoms with van der Waals surface area (Å²) in [5, 5.41) is 16.8. The predicted molar refractivity (Wildman–Crippen MR) is 57.0 cm³/mol. The molecule has 0 saturated carbocycles. The largest absolute Gasteiger partial charge is 0.756 e. The maximum atomic E-state index is 11.2. The average molecular weight is 273 g/mol. The van der Waals surface area contributed by atoms with Crippen molar-refractivity contribution < 1.29 is 38.2 Å². The second-order valence-corrected chi connectivity index (χ2v) is 5.91. The Morgan fingerprint density at radius 1 is 1.35 bits per heavy atom. The molecule has 17 heavy (non-hydrogen) atoms. The summed E-state index contributed by atoms with van der Waals surface area (Å²) in [6, 6.07) is 0. The number of hydrogen-bond acceptors (Lipinski definition) is 7. The molecule has 8 nitrogen and oxygen atoms in total. The Hall–Kier alpha value is -0.0500. The lowest BCUT2D eigenvalue weighted by molar-refractivity contribution is -0.870. The van der Waals surface area contributed by atoms with E-state index in [1.807, 2.05) is 21.1 Å². The molecule has 0 aromatic heterocycles. The van der Waals surface area contributed by atoms with Gasteiger partial charge in [-0.3, -0.25) is 9.82 Å². The molecule has 0 aliphatic heterocycles. The van der Waals surface area contributed by atoms with Crippen LogP contribution in [0.1, 0.15) is 0 Å². The Morgan fingerprint density at radius 3 is 2.35 bits per heavy atom. The number of likely N-dealkylation sites (N-methyl/N-ethyl adjacent to an activating group) is 1. The highest BCUT2D eigenvalue weighted by atomic mass is 31.2. The normalized spacial score (nSPS) is 17.8. The number of aliphatic hydroxyl groups is 1. The number of hydrogen-bond donors (Lipinski definition) is 2. The molecule has 2 unspecified atom stereocenters. The third kappa shape index (κ3) is 9.63.